The van der Waals surface area contributed by atoms with Gasteiger partial charge in [0.15, 0.2) is 12.6 Å². The molecule has 0 aliphatic rings. The van der Waals surface area contributed by atoms with Gasteiger partial charge in [-0.2, -0.15) is 0 Å². The van der Waals surface area contributed by atoms with Gasteiger partial charge in [0, 0.05) is 0 Å². The molecule has 1 aromatic rings. The summed E-state index contributed by atoms with van der Waals surface area (Å²) in [4.78, 5) is 0. The molecule has 0 radical (unpaired) electrons. The largest absolute Gasteiger partial charge is 0.465 e. The minimum Gasteiger partial charge on any atom is -0.465 e. The monoisotopic (exact) mass is 294 g/mol. The Labute approximate surface area is 129 Å². The van der Waals surface area contributed by atoms with Gasteiger partial charge in [-0.1, -0.05) is 46.8 Å². The van der Waals surface area contributed by atoms with Gasteiger partial charge in [-0.15, -0.1) is 0 Å². The van der Waals surface area contributed by atoms with Gasteiger partial charge in [0.05, 0.1) is 0 Å². The zero-order chi connectivity index (χ0) is 16.3. The molecule has 3 heteroatoms. The number of ether oxygens (including phenoxy) is 2. The molecule has 0 aromatic heterocycles. The van der Waals surface area contributed by atoms with Gasteiger partial charge in [0.1, 0.15) is 5.75 Å². The summed E-state index contributed by atoms with van der Waals surface area (Å²) in [7, 11) is 0. The summed E-state index contributed by atoms with van der Waals surface area (Å²) in [6.45, 7) is 14.7. The Bertz CT molecular complexity index is 427. The van der Waals surface area contributed by atoms with Crippen molar-refractivity contribution in [1.82, 2.24) is 0 Å². The first-order chi connectivity index (χ1) is 9.49. The lowest BCUT2D eigenvalue weighted by atomic mass is 9.72. The molecule has 0 heterocycles. The van der Waals surface area contributed by atoms with Crippen LogP contribution in [0.15, 0.2) is 24.3 Å². The van der Waals surface area contributed by atoms with Crippen molar-refractivity contribution in [3.05, 3.63) is 29.8 Å². The molecule has 1 rings (SSSR count). The van der Waals surface area contributed by atoms with E-state index in [4.69, 9.17) is 14.6 Å². The molecule has 0 bridgehead atoms. The maximum atomic E-state index is 9.16. The fourth-order valence-electron chi connectivity index (χ4n) is 2.91. The number of hydrogen-bond donors (Lipinski definition) is 1. The molecule has 0 spiro atoms. The van der Waals surface area contributed by atoms with Crippen LogP contribution in [0, 0.1) is 5.41 Å². The number of aliphatic hydroxyl groups excluding tert-OH is 1. The van der Waals surface area contributed by atoms with Crippen LogP contribution in [0.25, 0.3) is 0 Å². The van der Waals surface area contributed by atoms with Crippen LogP contribution in [0.3, 0.4) is 0 Å². The van der Waals surface area contributed by atoms with E-state index in [-0.39, 0.29) is 10.8 Å². The highest BCUT2D eigenvalue weighted by Crippen LogP contribution is 2.36. The van der Waals surface area contributed by atoms with E-state index in [2.05, 4.69) is 46.8 Å². The van der Waals surface area contributed by atoms with Gasteiger partial charge in [-0.05, 0) is 48.8 Å². The molecular weight excluding hydrogens is 264 g/mol. The normalized spacial score (nSPS) is 15.6. The van der Waals surface area contributed by atoms with E-state index in [1.165, 1.54) is 5.56 Å². The fraction of sp³-hybridized carbons (Fsp3) is 0.667. The number of rotatable bonds is 6. The predicted octanol–water partition coefficient (Wildman–Crippen LogP) is 4.48. The smallest absolute Gasteiger partial charge is 0.199 e. The molecule has 0 saturated carbocycles. The third-order valence-electron chi connectivity index (χ3n) is 3.30. The zero-order valence-corrected chi connectivity index (χ0v) is 14.4. The molecule has 2 unspecified atom stereocenters. The second-order valence-corrected chi connectivity index (χ2v) is 7.57. The summed E-state index contributed by atoms with van der Waals surface area (Å²) in [6, 6.07) is 8.13. The maximum Gasteiger partial charge on any atom is 0.199 e. The standard InChI is InChI=1S/C18H30O3/c1-13(19)20-14(2)21-16-10-8-15(9-11-16)18(6,7)12-17(3,4)5/h8-11,13-14,19H,12H2,1-7H3. The van der Waals surface area contributed by atoms with E-state index in [9.17, 15) is 0 Å². The molecular formula is C18H30O3. The quantitative estimate of drug-likeness (QED) is 0.786. The predicted molar refractivity (Wildman–Crippen MR) is 86.4 cm³/mol. The van der Waals surface area contributed by atoms with E-state index < -0.39 is 12.6 Å². The molecule has 0 aliphatic heterocycles. The lowest BCUT2D eigenvalue weighted by Crippen LogP contribution is -2.25. The van der Waals surface area contributed by atoms with E-state index in [1.807, 2.05) is 12.1 Å². The molecule has 0 fully saturated rings. The molecule has 1 N–H and O–H groups in total. The molecule has 2 atom stereocenters. The number of benzene rings is 1. The second-order valence-electron chi connectivity index (χ2n) is 7.57. The Morgan fingerprint density at radius 2 is 1.52 bits per heavy atom. The summed E-state index contributed by atoms with van der Waals surface area (Å²) >= 11 is 0. The Kier molecular flexibility index (Phi) is 5.83. The summed E-state index contributed by atoms with van der Waals surface area (Å²) in [5.74, 6) is 0.749. The van der Waals surface area contributed by atoms with Gasteiger partial charge in [-0.25, -0.2) is 0 Å². The van der Waals surface area contributed by atoms with E-state index >= 15 is 0 Å². The number of aliphatic hydroxyl groups is 1. The Balaban J connectivity index is 2.73. The SMILES string of the molecule is CC(O)OC(C)Oc1ccc(C(C)(C)CC(C)(C)C)cc1. The second kappa shape index (κ2) is 6.80. The van der Waals surface area contributed by atoms with E-state index in [1.54, 1.807) is 13.8 Å². The van der Waals surface area contributed by atoms with Crippen molar-refractivity contribution in [2.24, 2.45) is 5.41 Å². The van der Waals surface area contributed by atoms with Crippen LogP contribution in [-0.2, 0) is 10.2 Å². The van der Waals surface area contributed by atoms with Crippen LogP contribution < -0.4 is 4.74 Å². The lowest BCUT2D eigenvalue weighted by Gasteiger charge is -2.33. The van der Waals surface area contributed by atoms with Crippen LogP contribution in [0.1, 0.15) is 60.5 Å². The van der Waals surface area contributed by atoms with Crippen LogP contribution in [0.2, 0.25) is 0 Å². The van der Waals surface area contributed by atoms with Gasteiger partial charge < -0.3 is 14.6 Å². The highest BCUT2D eigenvalue weighted by Gasteiger charge is 2.27. The van der Waals surface area contributed by atoms with Crippen molar-refractivity contribution >= 4 is 0 Å². The summed E-state index contributed by atoms with van der Waals surface area (Å²) < 4.78 is 10.8. The topological polar surface area (TPSA) is 38.7 Å². The van der Waals surface area contributed by atoms with Crippen LogP contribution in [0.5, 0.6) is 5.75 Å². The fourth-order valence-corrected chi connectivity index (χ4v) is 2.91. The first-order valence-corrected chi connectivity index (χ1v) is 7.60. The molecule has 0 amide bonds. The third kappa shape index (κ3) is 6.49. The average molecular weight is 294 g/mol. The van der Waals surface area contributed by atoms with Crippen LogP contribution in [0.4, 0.5) is 0 Å². The van der Waals surface area contributed by atoms with Gasteiger partial charge in [0.25, 0.3) is 0 Å². The van der Waals surface area contributed by atoms with Gasteiger partial charge in [0.2, 0.25) is 0 Å². The molecule has 21 heavy (non-hydrogen) atoms. The van der Waals surface area contributed by atoms with Crippen molar-refractivity contribution in [2.75, 3.05) is 0 Å². The van der Waals surface area contributed by atoms with Crippen molar-refractivity contribution in [3.8, 4) is 5.75 Å². The molecule has 3 nitrogen and oxygen atoms in total. The molecule has 0 aliphatic carbocycles. The van der Waals surface area contributed by atoms with E-state index in [0.29, 0.717) is 0 Å². The van der Waals surface area contributed by atoms with Crippen molar-refractivity contribution in [3.63, 3.8) is 0 Å². The highest BCUT2D eigenvalue weighted by atomic mass is 16.7. The van der Waals surface area contributed by atoms with Crippen molar-refractivity contribution in [1.29, 1.82) is 0 Å². The minimum absolute atomic E-state index is 0.124. The highest BCUT2D eigenvalue weighted by molar-refractivity contribution is 5.31. The first kappa shape index (κ1) is 18.0. The van der Waals surface area contributed by atoms with Crippen molar-refractivity contribution < 1.29 is 14.6 Å². The first-order valence-electron chi connectivity index (χ1n) is 7.60. The summed E-state index contributed by atoms with van der Waals surface area (Å²) in [5.41, 5.74) is 1.71. The Hall–Kier alpha value is -1.06. The maximum absolute atomic E-state index is 9.16. The lowest BCUT2D eigenvalue weighted by molar-refractivity contribution is -0.179. The minimum atomic E-state index is -0.829. The Morgan fingerprint density at radius 3 is 1.95 bits per heavy atom. The van der Waals surface area contributed by atoms with Gasteiger partial charge in [-0.3, -0.25) is 0 Å². The summed E-state index contributed by atoms with van der Waals surface area (Å²) in [6.07, 6.45) is -0.190. The zero-order valence-electron chi connectivity index (χ0n) is 14.4. The summed E-state index contributed by atoms with van der Waals surface area (Å²) in [5, 5.41) is 9.16. The third-order valence-corrected chi connectivity index (χ3v) is 3.30. The van der Waals surface area contributed by atoms with E-state index in [0.717, 1.165) is 12.2 Å². The number of hydrogen-bond acceptors (Lipinski definition) is 3. The van der Waals surface area contributed by atoms with Crippen LogP contribution in [-0.4, -0.2) is 17.7 Å². The van der Waals surface area contributed by atoms with Gasteiger partial charge >= 0.3 is 0 Å². The van der Waals surface area contributed by atoms with Crippen molar-refractivity contribution in [2.45, 2.75) is 72.9 Å². The van der Waals surface area contributed by atoms with Crippen LogP contribution >= 0.6 is 0 Å². The molecule has 1 aromatic carbocycles. The molecule has 0 saturated heterocycles. The average Bonchev–Trinajstić information content (AvgIpc) is 2.24. The molecule has 120 valence electrons. The Morgan fingerprint density at radius 1 is 1.00 bits per heavy atom.